The molecule has 102 valence electrons. The van der Waals surface area contributed by atoms with Gasteiger partial charge in [0.25, 0.3) is 0 Å². The van der Waals surface area contributed by atoms with E-state index in [2.05, 4.69) is 51.9 Å². The minimum atomic E-state index is 0.309. The molecule has 0 bridgehead atoms. The molecule has 2 nitrogen and oxygen atoms in total. The quantitative estimate of drug-likeness (QED) is 0.793. The SMILES string of the molecule is CCC(CC)(C(NC)C(C)(C)C)N1CCCC1. The molecule has 1 saturated heterocycles. The minimum absolute atomic E-state index is 0.309. The smallest absolute Gasteiger partial charge is 0.0362 e. The summed E-state index contributed by atoms with van der Waals surface area (Å²) in [6, 6.07) is 0.558. The van der Waals surface area contributed by atoms with Crippen molar-refractivity contribution in [2.45, 2.75) is 71.9 Å². The van der Waals surface area contributed by atoms with Crippen LogP contribution in [0.2, 0.25) is 0 Å². The van der Waals surface area contributed by atoms with E-state index >= 15 is 0 Å². The summed E-state index contributed by atoms with van der Waals surface area (Å²) in [7, 11) is 2.13. The first-order valence-electron chi connectivity index (χ1n) is 7.34. The topological polar surface area (TPSA) is 15.3 Å². The van der Waals surface area contributed by atoms with Gasteiger partial charge in [-0.15, -0.1) is 0 Å². The van der Waals surface area contributed by atoms with E-state index in [1.807, 2.05) is 0 Å². The first-order chi connectivity index (χ1) is 7.92. The van der Waals surface area contributed by atoms with Gasteiger partial charge in [-0.25, -0.2) is 0 Å². The number of rotatable bonds is 5. The molecule has 0 saturated carbocycles. The second-order valence-corrected chi connectivity index (χ2v) is 6.59. The van der Waals surface area contributed by atoms with Gasteiger partial charge in [0.2, 0.25) is 0 Å². The largest absolute Gasteiger partial charge is 0.315 e. The Labute approximate surface area is 108 Å². The number of likely N-dealkylation sites (tertiary alicyclic amines) is 1. The van der Waals surface area contributed by atoms with Gasteiger partial charge < -0.3 is 5.32 Å². The summed E-state index contributed by atoms with van der Waals surface area (Å²) >= 11 is 0. The Morgan fingerprint density at radius 2 is 1.53 bits per heavy atom. The van der Waals surface area contributed by atoms with Crippen LogP contribution in [0.15, 0.2) is 0 Å². The van der Waals surface area contributed by atoms with Gasteiger partial charge in [-0.1, -0.05) is 34.6 Å². The summed E-state index contributed by atoms with van der Waals surface area (Å²) in [5, 5.41) is 3.62. The van der Waals surface area contributed by atoms with Crippen molar-refractivity contribution in [3.8, 4) is 0 Å². The Hall–Kier alpha value is -0.0800. The van der Waals surface area contributed by atoms with Crippen molar-refractivity contribution < 1.29 is 0 Å². The van der Waals surface area contributed by atoms with E-state index in [-0.39, 0.29) is 0 Å². The van der Waals surface area contributed by atoms with Gasteiger partial charge in [0.05, 0.1) is 0 Å². The molecule has 1 aliphatic rings. The van der Waals surface area contributed by atoms with Crippen LogP contribution >= 0.6 is 0 Å². The number of likely N-dealkylation sites (N-methyl/N-ethyl adjacent to an activating group) is 1. The van der Waals surface area contributed by atoms with E-state index in [1.165, 1.54) is 38.8 Å². The Kier molecular flexibility index (Phi) is 5.03. The third kappa shape index (κ3) is 2.85. The van der Waals surface area contributed by atoms with Gasteiger partial charge in [-0.3, -0.25) is 4.90 Å². The summed E-state index contributed by atoms with van der Waals surface area (Å²) in [4.78, 5) is 2.75. The van der Waals surface area contributed by atoms with Gasteiger partial charge in [-0.05, 0) is 51.2 Å². The lowest BCUT2D eigenvalue weighted by Gasteiger charge is -2.51. The van der Waals surface area contributed by atoms with Crippen LogP contribution in [0.5, 0.6) is 0 Å². The Bertz CT molecular complexity index is 220. The first kappa shape index (κ1) is 15.0. The summed E-state index contributed by atoms with van der Waals surface area (Å²) in [6.07, 6.45) is 5.24. The predicted octanol–water partition coefficient (Wildman–Crippen LogP) is 3.28. The molecular formula is C15H32N2. The lowest BCUT2D eigenvalue weighted by atomic mass is 9.70. The molecule has 1 aliphatic heterocycles. The van der Waals surface area contributed by atoms with Crippen molar-refractivity contribution in [1.29, 1.82) is 0 Å². The summed E-state index contributed by atoms with van der Waals surface area (Å²) in [6.45, 7) is 14.4. The maximum atomic E-state index is 3.62. The Balaban J connectivity index is 3.03. The summed E-state index contributed by atoms with van der Waals surface area (Å²) < 4.78 is 0. The maximum absolute atomic E-state index is 3.62. The second kappa shape index (κ2) is 5.71. The minimum Gasteiger partial charge on any atom is -0.315 e. The summed E-state index contributed by atoms with van der Waals surface area (Å²) in [5.41, 5.74) is 0.646. The average molecular weight is 240 g/mol. The maximum Gasteiger partial charge on any atom is 0.0362 e. The predicted molar refractivity (Wildman–Crippen MR) is 76.4 cm³/mol. The highest BCUT2D eigenvalue weighted by molar-refractivity contribution is 5.04. The Morgan fingerprint density at radius 1 is 1.06 bits per heavy atom. The molecular weight excluding hydrogens is 208 g/mol. The number of nitrogens with one attached hydrogen (secondary N) is 1. The molecule has 0 radical (unpaired) electrons. The molecule has 1 atom stereocenters. The molecule has 1 fully saturated rings. The van der Waals surface area contributed by atoms with Crippen molar-refractivity contribution >= 4 is 0 Å². The van der Waals surface area contributed by atoms with Crippen LogP contribution in [0.3, 0.4) is 0 Å². The molecule has 17 heavy (non-hydrogen) atoms. The zero-order chi connectivity index (χ0) is 13.1. The van der Waals surface area contributed by atoms with Gasteiger partial charge >= 0.3 is 0 Å². The van der Waals surface area contributed by atoms with Crippen LogP contribution in [0.4, 0.5) is 0 Å². The molecule has 1 rings (SSSR count). The summed E-state index contributed by atoms with van der Waals surface area (Å²) in [5.74, 6) is 0. The fraction of sp³-hybridized carbons (Fsp3) is 1.00. The van der Waals surface area contributed by atoms with Gasteiger partial charge in [-0.2, -0.15) is 0 Å². The molecule has 2 heteroatoms. The zero-order valence-electron chi connectivity index (χ0n) is 12.8. The van der Waals surface area contributed by atoms with Gasteiger partial charge in [0.1, 0.15) is 0 Å². The van der Waals surface area contributed by atoms with Crippen LogP contribution in [-0.4, -0.2) is 36.6 Å². The molecule has 0 aromatic carbocycles. The number of hydrogen-bond acceptors (Lipinski definition) is 2. The molecule has 1 N–H and O–H groups in total. The standard InChI is InChI=1S/C15H32N2/c1-7-15(8-2,17-11-9-10-12-17)13(16-6)14(3,4)5/h13,16H,7-12H2,1-6H3. The van der Waals surface area contributed by atoms with Crippen molar-refractivity contribution in [3.63, 3.8) is 0 Å². The van der Waals surface area contributed by atoms with E-state index in [0.29, 0.717) is 17.0 Å². The molecule has 0 aromatic heterocycles. The van der Waals surface area contributed by atoms with Crippen LogP contribution in [0.25, 0.3) is 0 Å². The molecule has 0 aliphatic carbocycles. The van der Waals surface area contributed by atoms with Crippen LogP contribution in [0.1, 0.15) is 60.3 Å². The first-order valence-corrected chi connectivity index (χ1v) is 7.34. The van der Waals surface area contributed by atoms with Gasteiger partial charge in [0, 0.05) is 11.6 Å². The van der Waals surface area contributed by atoms with Gasteiger partial charge in [0.15, 0.2) is 0 Å². The van der Waals surface area contributed by atoms with Crippen LogP contribution < -0.4 is 5.32 Å². The van der Waals surface area contributed by atoms with Crippen molar-refractivity contribution in [1.82, 2.24) is 10.2 Å². The number of nitrogens with zero attached hydrogens (tertiary/aromatic N) is 1. The normalized spacial score (nSPS) is 20.8. The Morgan fingerprint density at radius 3 is 1.82 bits per heavy atom. The fourth-order valence-corrected chi connectivity index (χ4v) is 3.96. The third-order valence-corrected chi connectivity index (χ3v) is 4.65. The fourth-order valence-electron chi connectivity index (χ4n) is 3.96. The van der Waals surface area contributed by atoms with E-state index in [1.54, 1.807) is 0 Å². The van der Waals surface area contributed by atoms with E-state index < -0.39 is 0 Å². The number of hydrogen-bond donors (Lipinski definition) is 1. The molecule has 1 unspecified atom stereocenters. The van der Waals surface area contributed by atoms with Crippen molar-refractivity contribution in [2.24, 2.45) is 5.41 Å². The lowest BCUT2D eigenvalue weighted by molar-refractivity contribution is 0.0201. The molecule has 0 amide bonds. The highest BCUT2D eigenvalue weighted by Crippen LogP contribution is 2.38. The zero-order valence-corrected chi connectivity index (χ0v) is 12.8. The molecule has 1 heterocycles. The third-order valence-electron chi connectivity index (χ3n) is 4.65. The van der Waals surface area contributed by atoms with E-state index in [4.69, 9.17) is 0 Å². The average Bonchev–Trinajstić information content (AvgIpc) is 2.77. The highest BCUT2D eigenvalue weighted by Gasteiger charge is 2.46. The lowest BCUT2D eigenvalue weighted by Crippen LogP contribution is -2.63. The van der Waals surface area contributed by atoms with Crippen LogP contribution in [-0.2, 0) is 0 Å². The highest BCUT2D eigenvalue weighted by atomic mass is 15.2. The molecule has 0 aromatic rings. The van der Waals surface area contributed by atoms with Crippen molar-refractivity contribution in [2.75, 3.05) is 20.1 Å². The second-order valence-electron chi connectivity index (χ2n) is 6.59. The van der Waals surface area contributed by atoms with E-state index in [9.17, 15) is 0 Å². The monoisotopic (exact) mass is 240 g/mol. The molecule has 0 spiro atoms. The van der Waals surface area contributed by atoms with Crippen LogP contribution in [0, 0.1) is 5.41 Å². The van der Waals surface area contributed by atoms with E-state index in [0.717, 1.165) is 0 Å². The van der Waals surface area contributed by atoms with Crippen molar-refractivity contribution in [3.05, 3.63) is 0 Å².